The van der Waals surface area contributed by atoms with Gasteiger partial charge < -0.3 is 4.74 Å². The van der Waals surface area contributed by atoms with Crippen LogP contribution in [-0.4, -0.2) is 11.6 Å². The molecule has 0 aromatic rings. The van der Waals surface area contributed by atoms with Gasteiger partial charge in [0.15, 0.2) is 0 Å². The van der Waals surface area contributed by atoms with Crippen LogP contribution in [-0.2, 0) is 9.53 Å². The Morgan fingerprint density at radius 3 is 2.67 bits per heavy atom. The van der Waals surface area contributed by atoms with E-state index < -0.39 is 0 Å². The lowest BCUT2D eigenvalue weighted by Gasteiger charge is -2.38. The van der Waals surface area contributed by atoms with E-state index in [1.165, 1.54) is 19.3 Å². The van der Waals surface area contributed by atoms with Crippen molar-refractivity contribution in [3.8, 4) is 0 Å². The molecule has 1 aliphatic heterocycles. The monoisotopic (exact) mass is 206 g/mol. The number of carbonyl (C=O) groups excluding carboxylic acids is 1. The minimum Gasteiger partial charge on any atom is -0.459 e. The summed E-state index contributed by atoms with van der Waals surface area (Å²) in [6, 6.07) is 0. The lowest BCUT2D eigenvalue weighted by molar-refractivity contribution is -0.153. The molecule has 0 N–H and O–H groups in total. The molecule has 0 aromatic heterocycles. The average Bonchev–Trinajstić information content (AvgIpc) is 2.55. The van der Waals surface area contributed by atoms with E-state index >= 15 is 0 Å². The summed E-state index contributed by atoms with van der Waals surface area (Å²) < 4.78 is 5.76. The molecule has 3 aliphatic rings. The topological polar surface area (TPSA) is 26.3 Å². The minimum absolute atomic E-state index is 0.0647. The molecular weight excluding hydrogens is 188 g/mol. The highest BCUT2D eigenvalue weighted by Crippen LogP contribution is 2.50. The Morgan fingerprint density at radius 2 is 1.87 bits per heavy atom. The number of hydrogen-bond donors (Lipinski definition) is 0. The molecular formula is C13H18O2. The Bertz CT molecular complexity index is 300. The van der Waals surface area contributed by atoms with Gasteiger partial charge in [0.25, 0.3) is 0 Å². The molecule has 3 rings (SSSR count). The number of esters is 1. The fourth-order valence-electron chi connectivity index (χ4n) is 3.63. The van der Waals surface area contributed by atoms with Gasteiger partial charge in [-0.3, -0.25) is 4.79 Å². The first kappa shape index (κ1) is 9.44. The van der Waals surface area contributed by atoms with Crippen molar-refractivity contribution in [1.82, 2.24) is 0 Å². The van der Waals surface area contributed by atoms with E-state index in [9.17, 15) is 4.79 Å². The first-order valence-corrected chi connectivity index (χ1v) is 6.20. The zero-order valence-corrected chi connectivity index (χ0v) is 9.08. The van der Waals surface area contributed by atoms with Crippen LogP contribution in [0.15, 0.2) is 12.2 Å². The summed E-state index contributed by atoms with van der Waals surface area (Å²) in [6.07, 6.45) is 12.3. The van der Waals surface area contributed by atoms with Gasteiger partial charge in [-0.05, 0) is 38.5 Å². The zero-order valence-electron chi connectivity index (χ0n) is 9.08. The van der Waals surface area contributed by atoms with Gasteiger partial charge in [-0.1, -0.05) is 18.6 Å². The largest absolute Gasteiger partial charge is 0.459 e. The summed E-state index contributed by atoms with van der Waals surface area (Å²) in [6.45, 7) is 0. The predicted octanol–water partition coefficient (Wildman–Crippen LogP) is 2.83. The van der Waals surface area contributed by atoms with Crippen LogP contribution >= 0.6 is 0 Å². The number of allylic oxidation sites excluding steroid dienone is 2. The molecule has 1 saturated carbocycles. The molecule has 0 radical (unpaired) electrons. The maximum Gasteiger partial charge on any atom is 0.310 e. The van der Waals surface area contributed by atoms with Crippen molar-refractivity contribution in [2.75, 3.05) is 0 Å². The summed E-state index contributed by atoms with van der Waals surface area (Å²) in [7, 11) is 0. The van der Waals surface area contributed by atoms with Crippen molar-refractivity contribution in [2.24, 2.45) is 11.8 Å². The Labute approximate surface area is 90.7 Å². The van der Waals surface area contributed by atoms with Crippen LogP contribution in [0.5, 0.6) is 0 Å². The van der Waals surface area contributed by atoms with E-state index in [4.69, 9.17) is 4.74 Å². The zero-order chi connectivity index (χ0) is 10.3. The molecule has 1 saturated heterocycles. The summed E-state index contributed by atoms with van der Waals surface area (Å²) in [4.78, 5) is 11.8. The van der Waals surface area contributed by atoms with Crippen LogP contribution in [0.4, 0.5) is 0 Å². The molecule has 0 amide bonds. The lowest BCUT2D eigenvalue weighted by Crippen LogP contribution is -2.39. The number of fused-ring (bicyclic) bond motifs is 2. The number of ether oxygens (including phenoxy) is 1. The van der Waals surface area contributed by atoms with Crippen molar-refractivity contribution in [3.63, 3.8) is 0 Å². The van der Waals surface area contributed by atoms with Gasteiger partial charge in [-0.2, -0.15) is 0 Å². The molecule has 0 aromatic carbocycles. The minimum atomic E-state index is -0.0647. The van der Waals surface area contributed by atoms with Crippen molar-refractivity contribution >= 4 is 5.97 Å². The molecule has 2 nitrogen and oxygen atoms in total. The van der Waals surface area contributed by atoms with E-state index in [0.29, 0.717) is 5.92 Å². The van der Waals surface area contributed by atoms with Crippen LogP contribution in [0.2, 0.25) is 0 Å². The summed E-state index contributed by atoms with van der Waals surface area (Å²) in [5, 5.41) is 0. The van der Waals surface area contributed by atoms with Crippen LogP contribution < -0.4 is 0 Å². The molecule has 1 heterocycles. The standard InChI is InChI=1S/C13H18O2/c14-12-10-6-2-3-7-11(10)13(15-12)8-4-1-5-9-13/h2-3,10-11H,1,4-9H2/t10-,11+/m1/s1. The second kappa shape index (κ2) is 3.36. The quantitative estimate of drug-likeness (QED) is 0.450. The van der Waals surface area contributed by atoms with E-state index in [2.05, 4.69) is 12.2 Å². The number of hydrogen-bond acceptors (Lipinski definition) is 2. The van der Waals surface area contributed by atoms with Crippen molar-refractivity contribution < 1.29 is 9.53 Å². The third kappa shape index (κ3) is 1.34. The van der Waals surface area contributed by atoms with Crippen LogP contribution in [0.25, 0.3) is 0 Å². The van der Waals surface area contributed by atoms with E-state index in [1.54, 1.807) is 0 Å². The normalized spacial score (nSPS) is 37.7. The highest BCUT2D eigenvalue weighted by molar-refractivity contribution is 5.76. The molecule has 0 unspecified atom stereocenters. The van der Waals surface area contributed by atoms with Gasteiger partial charge in [-0.25, -0.2) is 0 Å². The molecule has 15 heavy (non-hydrogen) atoms. The number of rotatable bonds is 0. The van der Waals surface area contributed by atoms with Crippen LogP contribution in [0.1, 0.15) is 44.9 Å². The Balaban J connectivity index is 1.90. The van der Waals surface area contributed by atoms with E-state index in [-0.39, 0.29) is 17.5 Å². The first-order chi connectivity index (χ1) is 7.32. The van der Waals surface area contributed by atoms with E-state index in [0.717, 1.165) is 25.7 Å². The highest BCUT2D eigenvalue weighted by atomic mass is 16.6. The second-order valence-electron chi connectivity index (χ2n) is 5.20. The molecule has 2 heteroatoms. The molecule has 82 valence electrons. The Kier molecular flexibility index (Phi) is 2.11. The summed E-state index contributed by atoms with van der Waals surface area (Å²) >= 11 is 0. The second-order valence-corrected chi connectivity index (χ2v) is 5.20. The maximum atomic E-state index is 11.8. The van der Waals surface area contributed by atoms with Crippen LogP contribution in [0, 0.1) is 11.8 Å². The van der Waals surface area contributed by atoms with Gasteiger partial charge in [0.2, 0.25) is 0 Å². The lowest BCUT2D eigenvalue weighted by atomic mass is 9.69. The fourth-order valence-corrected chi connectivity index (χ4v) is 3.63. The molecule has 2 fully saturated rings. The summed E-state index contributed by atoms with van der Waals surface area (Å²) in [5.74, 6) is 0.731. The van der Waals surface area contributed by atoms with Crippen molar-refractivity contribution in [3.05, 3.63) is 12.2 Å². The molecule has 2 aliphatic carbocycles. The molecule has 2 atom stereocenters. The van der Waals surface area contributed by atoms with Gasteiger partial charge in [0.05, 0.1) is 5.92 Å². The van der Waals surface area contributed by atoms with Crippen molar-refractivity contribution in [2.45, 2.75) is 50.5 Å². The van der Waals surface area contributed by atoms with Crippen molar-refractivity contribution in [1.29, 1.82) is 0 Å². The average molecular weight is 206 g/mol. The SMILES string of the molecule is O=C1OC2(CCCCC2)[C@H]2CC=CC[C@@H]12. The van der Waals surface area contributed by atoms with Gasteiger partial charge >= 0.3 is 5.97 Å². The smallest absolute Gasteiger partial charge is 0.310 e. The number of carbonyl (C=O) groups is 1. The Hall–Kier alpha value is -0.790. The van der Waals surface area contributed by atoms with Gasteiger partial charge in [0.1, 0.15) is 5.60 Å². The first-order valence-electron chi connectivity index (χ1n) is 6.20. The van der Waals surface area contributed by atoms with Gasteiger partial charge in [-0.15, -0.1) is 0 Å². The fraction of sp³-hybridized carbons (Fsp3) is 0.769. The van der Waals surface area contributed by atoms with Crippen LogP contribution in [0.3, 0.4) is 0 Å². The predicted molar refractivity (Wildman–Crippen MR) is 57.3 cm³/mol. The maximum absolute atomic E-state index is 11.8. The third-order valence-corrected chi connectivity index (χ3v) is 4.41. The summed E-state index contributed by atoms with van der Waals surface area (Å²) in [5.41, 5.74) is -0.0647. The molecule has 0 bridgehead atoms. The van der Waals surface area contributed by atoms with E-state index in [1.807, 2.05) is 0 Å². The van der Waals surface area contributed by atoms with Gasteiger partial charge in [0, 0.05) is 5.92 Å². The highest BCUT2D eigenvalue weighted by Gasteiger charge is 2.54. The molecule has 1 spiro atoms. The Morgan fingerprint density at radius 1 is 1.13 bits per heavy atom. The third-order valence-electron chi connectivity index (χ3n) is 4.41.